The number of thiazole rings is 1. The SMILES string of the molecule is Cc1nc(-c2cc(C(=O)NC[C@H](C)O)n(C)c2)cs1. The van der Waals surface area contributed by atoms with Gasteiger partial charge in [-0.05, 0) is 19.9 Å². The number of aromatic nitrogens is 2. The third kappa shape index (κ3) is 3.21. The van der Waals surface area contributed by atoms with E-state index in [1.165, 1.54) is 0 Å². The highest BCUT2D eigenvalue weighted by Gasteiger charge is 2.14. The van der Waals surface area contributed by atoms with Crippen LogP contribution in [0.15, 0.2) is 17.6 Å². The van der Waals surface area contributed by atoms with Crippen molar-refractivity contribution < 1.29 is 9.90 Å². The maximum Gasteiger partial charge on any atom is 0.268 e. The van der Waals surface area contributed by atoms with Crippen LogP contribution < -0.4 is 5.32 Å². The number of hydrogen-bond acceptors (Lipinski definition) is 4. The molecule has 2 aromatic heterocycles. The Labute approximate surface area is 115 Å². The van der Waals surface area contributed by atoms with Crippen LogP contribution in [0.4, 0.5) is 0 Å². The van der Waals surface area contributed by atoms with Gasteiger partial charge < -0.3 is 15.0 Å². The molecule has 5 nitrogen and oxygen atoms in total. The minimum Gasteiger partial charge on any atom is -0.392 e. The highest BCUT2D eigenvalue weighted by Crippen LogP contribution is 2.23. The Balaban J connectivity index is 2.19. The average molecular weight is 279 g/mol. The number of nitrogens with one attached hydrogen (secondary N) is 1. The number of carbonyl (C=O) groups is 1. The van der Waals surface area contributed by atoms with E-state index in [2.05, 4.69) is 10.3 Å². The molecule has 2 aromatic rings. The van der Waals surface area contributed by atoms with Gasteiger partial charge in [-0.3, -0.25) is 4.79 Å². The Bertz CT molecular complexity index is 586. The zero-order valence-corrected chi connectivity index (χ0v) is 12.0. The van der Waals surface area contributed by atoms with Crippen molar-refractivity contribution in [3.05, 3.63) is 28.3 Å². The van der Waals surface area contributed by atoms with Crippen molar-refractivity contribution in [3.63, 3.8) is 0 Å². The summed E-state index contributed by atoms with van der Waals surface area (Å²) in [6.45, 7) is 3.83. The lowest BCUT2D eigenvalue weighted by atomic mass is 10.2. The molecule has 0 bridgehead atoms. The van der Waals surface area contributed by atoms with Gasteiger partial charge in [0.15, 0.2) is 0 Å². The second-order valence-electron chi connectivity index (χ2n) is 4.54. The van der Waals surface area contributed by atoms with Crippen LogP contribution in [0.2, 0.25) is 0 Å². The minimum atomic E-state index is -0.551. The quantitative estimate of drug-likeness (QED) is 0.892. The number of nitrogens with zero attached hydrogens (tertiary/aromatic N) is 2. The molecule has 0 spiro atoms. The normalized spacial score (nSPS) is 12.4. The van der Waals surface area contributed by atoms with Crippen molar-refractivity contribution >= 4 is 17.2 Å². The van der Waals surface area contributed by atoms with E-state index < -0.39 is 6.10 Å². The van der Waals surface area contributed by atoms with Crippen molar-refractivity contribution in [2.75, 3.05) is 6.54 Å². The standard InChI is InChI=1S/C13H17N3O2S/c1-8(17)5-14-13(18)12-4-10(6-16(12)3)11-7-19-9(2)15-11/h4,6-8,17H,5H2,1-3H3,(H,14,18)/t8-/m0/s1. The van der Waals surface area contributed by atoms with Gasteiger partial charge in [0, 0.05) is 30.7 Å². The summed E-state index contributed by atoms with van der Waals surface area (Å²) in [4.78, 5) is 16.4. The monoisotopic (exact) mass is 279 g/mol. The van der Waals surface area contributed by atoms with Gasteiger partial charge in [0.05, 0.1) is 16.8 Å². The number of aliphatic hydroxyl groups excluding tert-OH is 1. The van der Waals surface area contributed by atoms with E-state index in [1.54, 1.807) is 22.8 Å². The zero-order chi connectivity index (χ0) is 14.0. The highest BCUT2D eigenvalue weighted by atomic mass is 32.1. The predicted molar refractivity (Wildman–Crippen MR) is 75.3 cm³/mol. The summed E-state index contributed by atoms with van der Waals surface area (Å²) in [5.74, 6) is -0.193. The Morgan fingerprint density at radius 1 is 1.63 bits per heavy atom. The summed E-state index contributed by atoms with van der Waals surface area (Å²) >= 11 is 1.58. The average Bonchev–Trinajstić information content (AvgIpc) is 2.92. The first-order valence-corrected chi connectivity index (χ1v) is 6.90. The predicted octanol–water partition coefficient (Wildman–Crippen LogP) is 1.57. The van der Waals surface area contributed by atoms with Crippen LogP contribution in [0.3, 0.4) is 0 Å². The molecule has 2 heterocycles. The van der Waals surface area contributed by atoms with E-state index >= 15 is 0 Å². The first kappa shape index (κ1) is 13.8. The summed E-state index contributed by atoms with van der Waals surface area (Å²) in [5, 5.41) is 14.8. The second kappa shape index (κ2) is 5.54. The fourth-order valence-electron chi connectivity index (χ4n) is 1.76. The van der Waals surface area contributed by atoms with E-state index in [-0.39, 0.29) is 12.5 Å². The molecule has 0 saturated heterocycles. The van der Waals surface area contributed by atoms with Gasteiger partial charge in [-0.1, -0.05) is 0 Å². The maximum atomic E-state index is 12.0. The van der Waals surface area contributed by atoms with Crippen molar-refractivity contribution in [1.82, 2.24) is 14.9 Å². The third-order valence-electron chi connectivity index (χ3n) is 2.71. The smallest absolute Gasteiger partial charge is 0.268 e. The Hall–Kier alpha value is -1.66. The Kier molecular flexibility index (Phi) is 4.01. The van der Waals surface area contributed by atoms with Crippen LogP contribution in [0, 0.1) is 6.92 Å². The van der Waals surface area contributed by atoms with E-state index in [1.807, 2.05) is 31.6 Å². The first-order valence-electron chi connectivity index (χ1n) is 6.02. The second-order valence-corrected chi connectivity index (χ2v) is 5.60. The fraction of sp³-hybridized carbons (Fsp3) is 0.385. The minimum absolute atomic E-state index is 0.193. The lowest BCUT2D eigenvalue weighted by molar-refractivity contribution is 0.0916. The summed E-state index contributed by atoms with van der Waals surface area (Å²) in [6.07, 6.45) is 1.33. The van der Waals surface area contributed by atoms with Crippen LogP contribution in [0.1, 0.15) is 22.4 Å². The molecule has 6 heteroatoms. The molecule has 1 atom stereocenters. The largest absolute Gasteiger partial charge is 0.392 e. The number of aryl methyl sites for hydroxylation is 2. The number of rotatable bonds is 4. The number of carbonyl (C=O) groups excluding carboxylic acids is 1. The zero-order valence-electron chi connectivity index (χ0n) is 11.2. The summed E-state index contributed by atoms with van der Waals surface area (Å²) in [7, 11) is 1.82. The van der Waals surface area contributed by atoms with Gasteiger partial charge in [-0.15, -0.1) is 11.3 Å². The highest BCUT2D eigenvalue weighted by molar-refractivity contribution is 7.09. The number of amides is 1. The van der Waals surface area contributed by atoms with Gasteiger partial charge in [-0.25, -0.2) is 4.98 Å². The maximum absolute atomic E-state index is 12.0. The lowest BCUT2D eigenvalue weighted by Gasteiger charge is -2.07. The third-order valence-corrected chi connectivity index (χ3v) is 3.48. The summed E-state index contributed by atoms with van der Waals surface area (Å²) in [6, 6.07) is 1.81. The molecule has 0 radical (unpaired) electrons. The topological polar surface area (TPSA) is 67.2 Å². The van der Waals surface area contributed by atoms with Crippen molar-refractivity contribution in [1.29, 1.82) is 0 Å². The van der Waals surface area contributed by atoms with E-state index in [9.17, 15) is 9.90 Å². The van der Waals surface area contributed by atoms with Crippen molar-refractivity contribution in [2.45, 2.75) is 20.0 Å². The molecular formula is C13H17N3O2S. The van der Waals surface area contributed by atoms with E-state index in [0.29, 0.717) is 5.69 Å². The molecule has 0 aliphatic carbocycles. The molecule has 2 N–H and O–H groups in total. The van der Waals surface area contributed by atoms with Gasteiger partial charge in [0.1, 0.15) is 5.69 Å². The molecule has 19 heavy (non-hydrogen) atoms. The molecule has 0 aromatic carbocycles. The Morgan fingerprint density at radius 2 is 2.37 bits per heavy atom. The molecular weight excluding hydrogens is 262 g/mol. The fourth-order valence-corrected chi connectivity index (χ4v) is 2.38. The molecule has 0 unspecified atom stereocenters. The molecule has 1 amide bonds. The van der Waals surface area contributed by atoms with Crippen LogP contribution in [0.5, 0.6) is 0 Å². The van der Waals surface area contributed by atoms with Gasteiger partial charge >= 0.3 is 0 Å². The van der Waals surface area contributed by atoms with E-state index in [4.69, 9.17) is 0 Å². The number of aliphatic hydroxyl groups is 1. The number of hydrogen-bond donors (Lipinski definition) is 2. The molecule has 2 rings (SSSR count). The lowest BCUT2D eigenvalue weighted by Crippen LogP contribution is -2.31. The first-order chi connectivity index (χ1) is 8.97. The van der Waals surface area contributed by atoms with Crippen LogP contribution in [0.25, 0.3) is 11.3 Å². The molecule has 102 valence electrons. The summed E-state index contributed by atoms with van der Waals surface area (Å²) < 4.78 is 1.77. The summed E-state index contributed by atoms with van der Waals surface area (Å²) in [5.41, 5.74) is 2.36. The molecule has 0 aliphatic heterocycles. The van der Waals surface area contributed by atoms with E-state index in [0.717, 1.165) is 16.3 Å². The molecule has 0 saturated carbocycles. The van der Waals surface area contributed by atoms with Gasteiger partial charge in [-0.2, -0.15) is 0 Å². The molecule has 0 fully saturated rings. The van der Waals surface area contributed by atoms with Crippen LogP contribution >= 0.6 is 11.3 Å². The Morgan fingerprint density at radius 3 is 2.95 bits per heavy atom. The van der Waals surface area contributed by atoms with Crippen molar-refractivity contribution in [2.24, 2.45) is 7.05 Å². The van der Waals surface area contributed by atoms with Gasteiger partial charge in [0.2, 0.25) is 0 Å². The van der Waals surface area contributed by atoms with Crippen LogP contribution in [-0.4, -0.2) is 33.2 Å². The molecule has 0 aliphatic rings. The van der Waals surface area contributed by atoms with Crippen molar-refractivity contribution in [3.8, 4) is 11.3 Å². The van der Waals surface area contributed by atoms with Crippen LogP contribution in [-0.2, 0) is 7.05 Å². The van der Waals surface area contributed by atoms with Gasteiger partial charge in [0.25, 0.3) is 5.91 Å².